The first kappa shape index (κ1) is 12.5. The lowest BCUT2D eigenvalue weighted by molar-refractivity contribution is -0.131. The Morgan fingerprint density at radius 2 is 2.07 bits per heavy atom. The second-order valence-corrected chi connectivity index (χ2v) is 4.09. The van der Waals surface area contributed by atoms with E-state index in [4.69, 9.17) is 4.74 Å². The van der Waals surface area contributed by atoms with E-state index in [1.54, 1.807) is 0 Å². The fraction of sp³-hybridized carbons (Fsp3) is 0.917. The Morgan fingerprint density at radius 1 is 1.33 bits per heavy atom. The normalized spacial score (nSPS) is 21.3. The van der Waals surface area contributed by atoms with Crippen molar-refractivity contribution in [1.29, 1.82) is 0 Å². The molecule has 15 heavy (non-hydrogen) atoms. The van der Waals surface area contributed by atoms with Crippen molar-refractivity contribution in [2.45, 2.75) is 52.1 Å². The van der Waals surface area contributed by atoms with Gasteiger partial charge in [-0.25, -0.2) is 0 Å². The molecule has 1 aliphatic heterocycles. The zero-order valence-electron chi connectivity index (χ0n) is 10.00. The van der Waals surface area contributed by atoms with Crippen molar-refractivity contribution >= 4 is 5.91 Å². The molecule has 0 bridgehead atoms. The molecule has 0 aliphatic carbocycles. The second-order valence-electron chi connectivity index (χ2n) is 4.09. The summed E-state index contributed by atoms with van der Waals surface area (Å²) in [7, 11) is 0. The molecule has 0 saturated carbocycles. The van der Waals surface area contributed by atoms with E-state index < -0.39 is 0 Å². The molecule has 0 aromatic heterocycles. The lowest BCUT2D eigenvalue weighted by Crippen LogP contribution is -2.31. The maximum atomic E-state index is 11.7. The highest BCUT2D eigenvalue weighted by Gasteiger charge is 2.16. The van der Waals surface area contributed by atoms with Crippen molar-refractivity contribution in [2.75, 3.05) is 19.7 Å². The van der Waals surface area contributed by atoms with Gasteiger partial charge in [0.1, 0.15) is 0 Å². The van der Waals surface area contributed by atoms with Crippen LogP contribution in [0.5, 0.6) is 0 Å². The number of amides is 1. The highest BCUT2D eigenvalue weighted by molar-refractivity contribution is 5.76. The third-order valence-electron chi connectivity index (χ3n) is 3.07. The molecule has 88 valence electrons. The summed E-state index contributed by atoms with van der Waals surface area (Å²) in [6, 6.07) is 0. The molecule has 1 atom stereocenters. The number of ether oxygens (including phenoxy) is 1. The van der Waals surface area contributed by atoms with Gasteiger partial charge in [-0.2, -0.15) is 0 Å². The topological polar surface area (TPSA) is 29.5 Å². The van der Waals surface area contributed by atoms with Crippen molar-refractivity contribution in [1.82, 2.24) is 4.90 Å². The molecule has 3 heteroatoms. The van der Waals surface area contributed by atoms with Crippen molar-refractivity contribution in [3.63, 3.8) is 0 Å². The molecule has 1 aliphatic rings. The Kier molecular flexibility index (Phi) is 5.69. The summed E-state index contributed by atoms with van der Waals surface area (Å²) in [6.45, 7) is 6.57. The van der Waals surface area contributed by atoms with Crippen molar-refractivity contribution in [2.24, 2.45) is 0 Å². The van der Waals surface area contributed by atoms with Crippen LogP contribution in [0, 0.1) is 0 Å². The lowest BCUT2D eigenvalue weighted by atomic mass is 10.0. The van der Waals surface area contributed by atoms with Crippen LogP contribution in [0.15, 0.2) is 0 Å². The first-order chi connectivity index (χ1) is 7.27. The largest absolute Gasteiger partial charge is 0.378 e. The van der Waals surface area contributed by atoms with Crippen LogP contribution in [0.3, 0.4) is 0 Å². The van der Waals surface area contributed by atoms with Crippen molar-refractivity contribution < 1.29 is 9.53 Å². The van der Waals surface area contributed by atoms with Gasteiger partial charge in [-0.1, -0.05) is 0 Å². The summed E-state index contributed by atoms with van der Waals surface area (Å²) in [6.07, 6.45) is 5.44. The molecule has 0 aromatic rings. The average Bonchev–Trinajstić information content (AvgIpc) is 2.29. The highest BCUT2D eigenvalue weighted by Crippen LogP contribution is 2.17. The van der Waals surface area contributed by atoms with Gasteiger partial charge in [-0.15, -0.1) is 0 Å². The summed E-state index contributed by atoms with van der Waals surface area (Å²) in [5, 5.41) is 0. The first-order valence-electron chi connectivity index (χ1n) is 6.17. The van der Waals surface area contributed by atoms with E-state index in [1.807, 2.05) is 18.7 Å². The minimum Gasteiger partial charge on any atom is -0.378 e. The summed E-state index contributed by atoms with van der Waals surface area (Å²) in [4.78, 5) is 13.6. The fourth-order valence-electron chi connectivity index (χ4n) is 2.05. The number of rotatable bonds is 5. The van der Waals surface area contributed by atoms with Crippen LogP contribution in [0.4, 0.5) is 0 Å². The van der Waals surface area contributed by atoms with Crippen LogP contribution in [0.2, 0.25) is 0 Å². The number of carbonyl (C=O) groups is 1. The predicted octanol–water partition coefficient (Wildman–Crippen LogP) is 2.20. The molecule has 0 N–H and O–H groups in total. The van der Waals surface area contributed by atoms with Gasteiger partial charge in [0.25, 0.3) is 0 Å². The van der Waals surface area contributed by atoms with E-state index in [1.165, 1.54) is 12.8 Å². The fourth-order valence-corrected chi connectivity index (χ4v) is 2.05. The zero-order chi connectivity index (χ0) is 11.1. The quantitative estimate of drug-likeness (QED) is 0.700. The summed E-state index contributed by atoms with van der Waals surface area (Å²) >= 11 is 0. The van der Waals surface area contributed by atoms with Crippen LogP contribution in [-0.2, 0) is 9.53 Å². The molecule has 1 amide bonds. The van der Waals surface area contributed by atoms with E-state index in [2.05, 4.69) is 0 Å². The molecule has 0 radical (unpaired) electrons. The maximum absolute atomic E-state index is 11.7. The number of hydrogen-bond acceptors (Lipinski definition) is 2. The van der Waals surface area contributed by atoms with Gasteiger partial charge in [-0.05, 0) is 39.5 Å². The third kappa shape index (κ3) is 4.20. The number of nitrogens with zero attached hydrogens (tertiary/aromatic N) is 1. The second kappa shape index (κ2) is 6.83. The van der Waals surface area contributed by atoms with E-state index in [0.717, 1.165) is 32.5 Å². The standard InChI is InChI=1S/C12H23NO2/c1-3-13(4-2)12(14)9-8-11-7-5-6-10-15-11/h11H,3-10H2,1-2H3. The van der Waals surface area contributed by atoms with Crippen LogP contribution in [-0.4, -0.2) is 36.6 Å². The van der Waals surface area contributed by atoms with Crippen molar-refractivity contribution in [3.05, 3.63) is 0 Å². The van der Waals surface area contributed by atoms with E-state index in [-0.39, 0.29) is 5.91 Å². The molecule has 1 heterocycles. The smallest absolute Gasteiger partial charge is 0.222 e. The van der Waals surface area contributed by atoms with Crippen molar-refractivity contribution in [3.8, 4) is 0 Å². The summed E-state index contributed by atoms with van der Waals surface area (Å²) in [5.41, 5.74) is 0. The Bertz CT molecular complexity index is 184. The predicted molar refractivity (Wildman–Crippen MR) is 60.8 cm³/mol. The van der Waals surface area contributed by atoms with E-state index in [0.29, 0.717) is 12.5 Å². The maximum Gasteiger partial charge on any atom is 0.222 e. The zero-order valence-corrected chi connectivity index (χ0v) is 10.00. The monoisotopic (exact) mass is 213 g/mol. The molecule has 1 saturated heterocycles. The minimum atomic E-state index is 0.272. The van der Waals surface area contributed by atoms with Crippen LogP contribution >= 0.6 is 0 Å². The highest BCUT2D eigenvalue weighted by atomic mass is 16.5. The molecular formula is C12H23NO2. The molecule has 3 nitrogen and oxygen atoms in total. The number of carbonyl (C=O) groups excluding carboxylic acids is 1. The van der Waals surface area contributed by atoms with Gasteiger partial charge in [0.05, 0.1) is 6.10 Å². The minimum absolute atomic E-state index is 0.272. The molecule has 0 aromatic carbocycles. The average molecular weight is 213 g/mol. The molecule has 0 spiro atoms. The van der Waals surface area contributed by atoms with E-state index >= 15 is 0 Å². The van der Waals surface area contributed by atoms with Crippen LogP contribution in [0.1, 0.15) is 46.0 Å². The Labute approximate surface area is 92.8 Å². The third-order valence-corrected chi connectivity index (χ3v) is 3.07. The number of hydrogen-bond donors (Lipinski definition) is 0. The van der Waals surface area contributed by atoms with Gasteiger partial charge in [-0.3, -0.25) is 4.79 Å². The summed E-state index contributed by atoms with van der Waals surface area (Å²) in [5.74, 6) is 0.272. The molecule has 1 fully saturated rings. The Balaban J connectivity index is 2.20. The molecule has 1 rings (SSSR count). The van der Waals surface area contributed by atoms with Gasteiger partial charge in [0.15, 0.2) is 0 Å². The van der Waals surface area contributed by atoms with Gasteiger partial charge >= 0.3 is 0 Å². The molecular weight excluding hydrogens is 190 g/mol. The Hall–Kier alpha value is -0.570. The van der Waals surface area contributed by atoms with E-state index in [9.17, 15) is 4.79 Å². The molecule has 1 unspecified atom stereocenters. The van der Waals surface area contributed by atoms with Crippen LogP contribution in [0.25, 0.3) is 0 Å². The lowest BCUT2D eigenvalue weighted by Gasteiger charge is -2.24. The Morgan fingerprint density at radius 3 is 2.60 bits per heavy atom. The van der Waals surface area contributed by atoms with Gasteiger partial charge in [0, 0.05) is 26.1 Å². The summed E-state index contributed by atoms with van der Waals surface area (Å²) < 4.78 is 5.60. The van der Waals surface area contributed by atoms with Gasteiger partial charge in [0.2, 0.25) is 5.91 Å². The van der Waals surface area contributed by atoms with Gasteiger partial charge < -0.3 is 9.64 Å². The van der Waals surface area contributed by atoms with Crippen LogP contribution < -0.4 is 0 Å². The first-order valence-corrected chi connectivity index (χ1v) is 6.17. The SMILES string of the molecule is CCN(CC)C(=O)CCC1CCCCO1.